The highest BCUT2D eigenvalue weighted by atomic mass is 32.2. The van der Waals surface area contributed by atoms with Crippen molar-refractivity contribution < 1.29 is 13.2 Å². The van der Waals surface area contributed by atoms with Crippen molar-refractivity contribution in [1.29, 1.82) is 0 Å². The average Bonchev–Trinajstić information content (AvgIpc) is 2.65. The van der Waals surface area contributed by atoms with Crippen LogP contribution in [-0.4, -0.2) is 38.0 Å². The molecule has 0 N–H and O–H groups in total. The van der Waals surface area contributed by atoms with Crippen LogP contribution in [0, 0.1) is 25.2 Å². The summed E-state index contributed by atoms with van der Waals surface area (Å²) in [7, 11) is -3.33. The van der Waals surface area contributed by atoms with E-state index in [2.05, 4.69) is 54.4 Å². The smallest absolute Gasteiger partial charge is 0.256 e. The van der Waals surface area contributed by atoms with Crippen molar-refractivity contribution in [2.24, 2.45) is 15.7 Å². The lowest BCUT2D eigenvalue weighted by atomic mass is 9.68. The Morgan fingerprint density at radius 3 is 2.75 bits per heavy atom. The van der Waals surface area contributed by atoms with Crippen molar-refractivity contribution in [3.63, 3.8) is 0 Å². The third kappa shape index (κ3) is 3.75. The molecule has 6 heteroatoms. The molecule has 0 spiro atoms. The molecule has 1 aromatic rings. The molecule has 150 valence electrons. The predicted octanol–water partition coefficient (Wildman–Crippen LogP) is 3.99. The van der Waals surface area contributed by atoms with Gasteiger partial charge in [-0.25, -0.2) is 8.42 Å². The Labute approximate surface area is 167 Å². The Morgan fingerprint density at radius 1 is 1.21 bits per heavy atom. The van der Waals surface area contributed by atoms with E-state index in [-0.39, 0.29) is 17.1 Å². The highest BCUT2D eigenvalue weighted by molar-refractivity contribution is 7.90. The van der Waals surface area contributed by atoms with Crippen LogP contribution < -0.4 is 4.74 Å². The summed E-state index contributed by atoms with van der Waals surface area (Å²) in [6.07, 6.45) is 9.17. The zero-order valence-electron chi connectivity index (χ0n) is 16.8. The van der Waals surface area contributed by atoms with Crippen LogP contribution in [-0.2, 0) is 10.0 Å². The molecule has 2 atom stereocenters. The summed E-state index contributed by atoms with van der Waals surface area (Å²) in [6, 6.07) is 6.12. The molecule has 1 fully saturated rings. The quantitative estimate of drug-likeness (QED) is 0.770. The molecule has 0 aromatic heterocycles. The zero-order chi connectivity index (χ0) is 19.9. The maximum absolute atomic E-state index is 12.1. The fourth-order valence-corrected chi connectivity index (χ4v) is 5.38. The SMILES string of the molecule is Cc1ccc(OC2=CCC(C)([C@@H]3CCCN4CCS(=O)(=O)N=C34)C=C2)cc1C. The number of nitrogens with zero attached hydrogens (tertiary/aromatic N) is 2. The number of allylic oxidation sites excluding steroid dienone is 3. The van der Waals surface area contributed by atoms with E-state index < -0.39 is 10.0 Å². The molecule has 28 heavy (non-hydrogen) atoms. The molecule has 1 aliphatic carbocycles. The van der Waals surface area contributed by atoms with Crippen LogP contribution in [0.25, 0.3) is 0 Å². The Hall–Kier alpha value is -2.08. The molecule has 1 saturated heterocycles. The molecule has 2 aliphatic heterocycles. The van der Waals surface area contributed by atoms with Crippen LogP contribution in [0.4, 0.5) is 0 Å². The van der Waals surface area contributed by atoms with Crippen molar-refractivity contribution in [1.82, 2.24) is 4.90 Å². The first-order chi connectivity index (χ1) is 13.3. The minimum Gasteiger partial charge on any atom is -0.458 e. The van der Waals surface area contributed by atoms with Crippen LogP contribution in [0.1, 0.15) is 37.3 Å². The van der Waals surface area contributed by atoms with Crippen LogP contribution in [0.5, 0.6) is 5.75 Å². The maximum atomic E-state index is 12.1. The van der Waals surface area contributed by atoms with E-state index in [9.17, 15) is 8.42 Å². The molecular weight excluding hydrogens is 372 g/mol. The Bertz CT molecular complexity index is 977. The van der Waals surface area contributed by atoms with Crippen molar-refractivity contribution in [3.8, 4) is 5.75 Å². The summed E-state index contributed by atoms with van der Waals surface area (Å²) in [5.74, 6) is 2.69. The van der Waals surface area contributed by atoms with E-state index in [0.717, 1.165) is 43.2 Å². The second-order valence-corrected chi connectivity index (χ2v) is 10.2. The molecule has 1 aromatic carbocycles. The lowest BCUT2D eigenvalue weighted by Gasteiger charge is -2.45. The molecule has 0 amide bonds. The fraction of sp³-hybridized carbons (Fsp3) is 0.500. The van der Waals surface area contributed by atoms with Gasteiger partial charge in [0.25, 0.3) is 10.0 Å². The molecule has 5 nitrogen and oxygen atoms in total. The lowest BCUT2D eigenvalue weighted by molar-refractivity contribution is 0.233. The summed E-state index contributed by atoms with van der Waals surface area (Å²) in [5.41, 5.74) is 2.31. The molecule has 0 saturated carbocycles. The summed E-state index contributed by atoms with van der Waals surface area (Å²) >= 11 is 0. The van der Waals surface area contributed by atoms with Crippen molar-refractivity contribution >= 4 is 15.9 Å². The van der Waals surface area contributed by atoms with E-state index in [1.807, 2.05) is 12.1 Å². The third-order valence-corrected chi connectivity index (χ3v) is 7.45. The fourth-order valence-electron chi connectivity index (χ4n) is 4.31. The highest BCUT2D eigenvalue weighted by Gasteiger charge is 2.42. The number of ether oxygens (including phenoxy) is 1. The first-order valence-corrected chi connectivity index (χ1v) is 11.6. The van der Waals surface area contributed by atoms with E-state index in [0.29, 0.717) is 6.54 Å². The van der Waals surface area contributed by atoms with Crippen molar-refractivity contribution in [2.45, 2.75) is 40.0 Å². The van der Waals surface area contributed by atoms with Gasteiger partial charge in [0.2, 0.25) is 0 Å². The van der Waals surface area contributed by atoms with Crippen LogP contribution >= 0.6 is 0 Å². The lowest BCUT2D eigenvalue weighted by Crippen LogP contribution is -2.51. The van der Waals surface area contributed by atoms with Crippen LogP contribution in [0.3, 0.4) is 0 Å². The Morgan fingerprint density at radius 2 is 2.04 bits per heavy atom. The first kappa shape index (κ1) is 19.2. The Kier molecular flexibility index (Phi) is 4.86. The van der Waals surface area contributed by atoms with E-state index in [1.54, 1.807) is 0 Å². The minimum atomic E-state index is -3.33. The van der Waals surface area contributed by atoms with Gasteiger partial charge in [0.1, 0.15) is 17.3 Å². The summed E-state index contributed by atoms with van der Waals surface area (Å²) in [5, 5.41) is 0. The second-order valence-electron chi connectivity index (χ2n) is 8.42. The van der Waals surface area contributed by atoms with Crippen molar-refractivity contribution in [3.05, 3.63) is 53.3 Å². The van der Waals surface area contributed by atoms with Crippen LogP contribution in [0.2, 0.25) is 0 Å². The monoisotopic (exact) mass is 400 g/mol. The number of fused-ring (bicyclic) bond motifs is 1. The van der Waals surface area contributed by atoms with Gasteiger partial charge in [0.15, 0.2) is 0 Å². The third-order valence-electron chi connectivity index (χ3n) is 6.29. The van der Waals surface area contributed by atoms with Gasteiger partial charge in [0.05, 0.1) is 5.75 Å². The molecule has 0 bridgehead atoms. The molecule has 0 radical (unpaired) electrons. The van der Waals surface area contributed by atoms with E-state index in [1.165, 1.54) is 11.1 Å². The van der Waals surface area contributed by atoms with Gasteiger partial charge < -0.3 is 9.64 Å². The number of piperidine rings is 1. The van der Waals surface area contributed by atoms with Gasteiger partial charge in [-0.1, -0.05) is 19.1 Å². The number of amidine groups is 1. The first-order valence-electron chi connectivity index (χ1n) is 9.98. The zero-order valence-corrected chi connectivity index (χ0v) is 17.6. The number of hydrogen-bond acceptors (Lipinski definition) is 4. The summed E-state index contributed by atoms with van der Waals surface area (Å²) in [4.78, 5) is 2.17. The predicted molar refractivity (Wildman–Crippen MR) is 112 cm³/mol. The standard InChI is InChI=1S/C22H28N2O3S/c1-16-6-7-19(15-17(16)2)27-18-8-10-22(3,11-9-18)20-5-4-12-24-13-14-28(25,26)23-21(20)24/h6-10,15,20H,4-5,11-14H2,1-3H3/t20-,22?/m1/s1. The van der Waals surface area contributed by atoms with Gasteiger partial charge in [-0.05, 0) is 73.9 Å². The van der Waals surface area contributed by atoms with Gasteiger partial charge in [-0.2, -0.15) is 0 Å². The maximum Gasteiger partial charge on any atom is 0.256 e. The largest absolute Gasteiger partial charge is 0.458 e. The van der Waals surface area contributed by atoms with E-state index >= 15 is 0 Å². The normalized spacial score (nSPS) is 29.0. The minimum absolute atomic E-state index is 0.118. The van der Waals surface area contributed by atoms with E-state index in [4.69, 9.17) is 4.74 Å². The average molecular weight is 401 g/mol. The summed E-state index contributed by atoms with van der Waals surface area (Å²) in [6.45, 7) is 7.84. The van der Waals surface area contributed by atoms with Crippen molar-refractivity contribution in [2.75, 3.05) is 18.8 Å². The van der Waals surface area contributed by atoms with Gasteiger partial charge in [-0.15, -0.1) is 4.40 Å². The number of sulfonamides is 1. The summed E-state index contributed by atoms with van der Waals surface area (Å²) < 4.78 is 34.4. The number of hydrogen-bond donors (Lipinski definition) is 0. The molecular formula is C22H28N2O3S. The number of aryl methyl sites for hydroxylation is 2. The highest BCUT2D eigenvalue weighted by Crippen LogP contribution is 2.43. The molecule has 1 unspecified atom stereocenters. The number of benzene rings is 1. The second kappa shape index (κ2) is 7.07. The van der Waals surface area contributed by atoms with Crippen LogP contribution in [0.15, 0.2) is 46.6 Å². The number of rotatable bonds is 3. The molecule has 3 aliphatic rings. The van der Waals surface area contributed by atoms with Gasteiger partial charge >= 0.3 is 0 Å². The van der Waals surface area contributed by atoms with Gasteiger partial charge in [0, 0.05) is 19.0 Å². The molecule has 4 rings (SSSR count). The Balaban J connectivity index is 1.53. The van der Waals surface area contributed by atoms with Gasteiger partial charge in [-0.3, -0.25) is 0 Å². The molecule has 2 heterocycles. The topological polar surface area (TPSA) is 59.0 Å².